The van der Waals surface area contributed by atoms with Crippen LogP contribution < -0.4 is 5.56 Å². The predicted octanol–water partition coefficient (Wildman–Crippen LogP) is 3.95. The van der Waals surface area contributed by atoms with Crippen molar-refractivity contribution in [3.63, 3.8) is 0 Å². The lowest BCUT2D eigenvalue weighted by molar-refractivity contribution is 0.0502. The molecule has 1 aliphatic rings. The third-order valence-corrected chi connectivity index (χ3v) is 5.85. The van der Waals surface area contributed by atoms with Gasteiger partial charge in [-0.2, -0.15) is 0 Å². The van der Waals surface area contributed by atoms with Crippen LogP contribution in [0.2, 0.25) is 5.15 Å². The van der Waals surface area contributed by atoms with Gasteiger partial charge in [0, 0.05) is 18.5 Å². The molecule has 0 saturated carbocycles. The average molecular weight is 449 g/mol. The van der Waals surface area contributed by atoms with Crippen LogP contribution >= 0.6 is 11.6 Å². The molecule has 1 saturated heterocycles. The van der Waals surface area contributed by atoms with Gasteiger partial charge in [0.1, 0.15) is 11.0 Å². The van der Waals surface area contributed by atoms with E-state index in [0.29, 0.717) is 41.0 Å². The highest BCUT2D eigenvalue weighted by Crippen LogP contribution is 2.24. The molecule has 5 rings (SSSR count). The molecule has 3 heterocycles. The summed E-state index contributed by atoms with van der Waals surface area (Å²) in [6.07, 6.45) is 1.78. The van der Waals surface area contributed by atoms with Gasteiger partial charge < -0.3 is 14.6 Å². The zero-order chi connectivity index (χ0) is 22.1. The molecule has 0 aliphatic carbocycles. The van der Waals surface area contributed by atoms with E-state index in [1.54, 1.807) is 29.2 Å². The Kier molecular flexibility index (Phi) is 5.59. The largest absolute Gasteiger partial charge is 0.376 e. The molecule has 1 aliphatic heterocycles. The molecule has 1 unspecified atom stereocenters. The first-order valence-corrected chi connectivity index (χ1v) is 10.9. The number of para-hydroxylation sites is 2. The molecule has 2 aromatic carbocycles. The van der Waals surface area contributed by atoms with Crippen molar-refractivity contribution in [2.45, 2.75) is 25.5 Å². The predicted molar refractivity (Wildman–Crippen MR) is 123 cm³/mol. The molecule has 32 heavy (non-hydrogen) atoms. The number of nitrogens with zero attached hydrogens (tertiary/aromatic N) is 3. The summed E-state index contributed by atoms with van der Waals surface area (Å²) in [6, 6.07) is 16.1. The van der Waals surface area contributed by atoms with Crippen LogP contribution in [0.25, 0.3) is 21.8 Å². The van der Waals surface area contributed by atoms with E-state index in [9.17, 15) is 9.59 Å². The van der Waals surface area contributed by atoms with E-state index in [1.165, 1.54) is 0 Å². The highest BCUT2D eigenvalue weighted by atomic mass is 35.5. The molecule has 0 bridgehead atoms. The van der Waals surface area contributed by atoms with Crippen molar-refractivity contribution in [3.8, 4) is 0 Å². The van der Waals surface area contributed by atoms with Gasteiger partial charge in [0.15, 0.2) is 0 Å². The lowest BCUT2D eigenvalue weighted by Gasteiger charge is -2.25. The number of amides is 1. The van der Waals surface area contributed by atoms with Gasteiger partial charge in [-0.25, -0.2) is 9.97 Å². The van der Waals surface area contributed by atoms with Crippen molar-refractivity contribution in [1.29, 1.82) is 0 Å². The van der Waals surface area contributed by atoms with Gasteiger partial charge in [-0.15, -0.1) is 0 Å². The minimum absolute atomic E-state index is 0.0605. The lowest BCUT2D eigenvalue weighted by atomic mass is 10.1. The lowest BCUT2D eigenvalue weighted by Crippen LogP contribution is -2.38. The zero-order valence-corrected chi connectivity index (χ0v) is 18.0. The summed E-state index contributed by atoms with van der Waals surface area (Å²) < 4.78 is 5.79. The Balaban J connectivity index is 1.54. The minimum atomic E-state index is -0.229. The Bertz CT molecular complexity index is 1360. The molecule has 1 amide bonds. The number of rotatable bonds is 5. The van der Waals surface area contributed by atoms with Crippen molar-refractivity contribution >= 4 is 39.3 Å². The monoisotopic (exact) mass is 448 g/mol. The average Bonchev–Trinajstić information content (AvgIpc) is 3.31. The Hall–Kier alpha value is -3.29. The van der Waals surface area contributed by atoms with Crippen LogP contribution in [0, 0.1) is 0 Å². The third kappa shape index (κ3) is 4.09. The normalized spacial score (nSPS) is 16.0. The van der Waals surface area contributed by atoms with Crippen LogP contribution in [0.15, 0.2) is 59.4 Å². The van der Waals surface area contributed by atoms with Crippen molar-refractivity contribution in [1.82, 2.24) is 19.9 Å². The van der Waals surface area contributed by atoms with Gasteiger partial charge in [-0.05, 0) is 37.1 Å². The number of halogens is 1. The Morgan fingerprint density at radius 1 is 1.09 bits per heavy atom. The van der Waals surface area contributed by atoms with E-state index in [2.05, 4.69) is 15.0 Å². The van der Waals surface area contributed by atoms with E-state index in [0.717, 1.165) is 18.2 Å². The maximum Gasteiger partial charge on any atom is 0.258 e. The first-order valence-electron chi connectivity index (χ1n) is 10.5. The quantitative estimate of drug-likeness (QED) is 0.467. The summed E-state index contributed by atoms with van der Waals surface area (Å²) in [4.78, 5) is 39.6. The van der Waals surface area contributed by atoms with Crippen molar-refractivity contribution < 1.29 is 9.53 Å². The topological polar surface area (TPSA) is 88.2 Å². The summed E-state index contributed by atoms with van der Waals surface area (Å²) in [5.41, 5.74) is 1.47. The highest BCUT2D eigenvalue weighted by molar-refractivity contribution is 6.30. The van der Waals surface area contributed by atoms with E-state index < -0.39 is 0 Å². The molecule has 8 heteroatoms. The van der Waals surface area contributed by atoms with E-state index in [4.69, 9.17) is 16.3 Å². The number of nitrogens with one attached hydrogen (secondary N) is 1. The SMILES string of the molecule is O=C(c1cc(Cl)nc2ccccc12)N(Cc1nc2ccccc2c(=O)[nH]1)CC1CCCO1. The summed E-state index contributed by atoms with van der Waals surface area (Å²) >= 11 is 6.22. The molecule has 4 aromatic rings. The second-order valence-electron chi connectivity index (χ2n) is 7.86. The van der Waals surface area contributed by atoms with Crippen LogP contribution in [0.1, 0.15) is 29.0 Å². The van der Waals surface area contributed by atoms with Crippen LogP contribution in [0.5, 0.6) is 0 Å². The first kappa shape index (κ1) is 20.6. The second kappa shape index (κ2) is 8.68. The van der Waals surface area contributed by atoms with Crippen molar-refractivity contribution in [3.05, 3.63) is 81.5 Å². The highest BCUT2D eigenvalue weighted by Gasteiger charge is 2.26. The Morgan fingerprint density at radius 2 is 1.81 bits per heavy atom. The fourth-order valence-corrected chi connectivity index (χ4v) is 4.33. The molecular formula is C24H21ClN4O3. The Morgan fingerprint density at radius 3 is 2.56 bits per heavy atom. The maximum absolute atomic E-state index is 13.7. The molecule has 2 aromatic heterocycles. The zero-order valence-electron chi connectivity index (χ0n) is 17.3. The van der Waals surface area contributed by atoms with E-state index >= 15 is 0 Å². The number of pyridine rings is 1. The van der Waals surface area contributed by atoms with Crippen LogP contribution in [0.4, 0.5) is 0 Å². The van der Waals surface area contributed by atoms with Gasteiger partial charge in [-0.3, -0.25) is 9.59 Å². The van der Waals surface area contributed by atoms with Crippen LogP contribution in [-0.2, 0) is 11.3 Å². The number of H-pyrrole nitrogens is 1. The summed E-state index contributed by atoms with van der Waals surface area (Å²) in [5, 5.41) is 1.49. The number of aromatic nitrogens is 3. The van der Waals surface area contributed by atoms with E-state index in [1.807, 2.05) is 30.3 Å². The van der Waals surface area contributed by atoms with Gasteiger partial charge in [0.2, 0.25) is 0 Å². The van der Waals surface area contributed by atoms with Gasteiger partial charge in [0.25, 0.3) is 11.5 Å². The van der Waals surface area contributed by atoms with Crippen molar-refractivity contribution in [2.24, 2.45) is 0 Å². The minimum Gasteiger partial charge on any atom is -0.376 e. The van der Waals surface area contributed by atoms with E-state index in [-0.39, 0.29) is 29.3 Å². The molecule has 1 atom stereocenters. The summed E-state index contributed by atoms with van der Waals surface area (Å²) in [6.45, 7) is 1.22. The maximum atomic E-state index is 13.7. The number of hydrogen-bond acceptors (Lipinski definition) is 5. The smallest absolute Gasteiger partial charge is 0.258 e. The molecule has 1 fully saturated rings. The number of carbonyl (C=O) groups is 1. The van der Waals surface area contributed by atoms with Gasteiger partial charge in [-0.1, -0.05) is 41.9 Å². The third-order valence-electron chi connectivity index (χ3n) is 5.65. The van der Waals surface area contributed by atoms with Crippen molar-refractivity contribution in [2.75, 3.05) is 13.2 Å². The number of carbonyl (C=O) groups excluding carboxylic acids is 1. The summed E-state index contributed by atoms with van der Waals surface area (Å²) in [7, 11) is 0. The molecule has 162 valence electrons. The van der Waals surface area contributed by atoms with Gasteiger partial charge in [0.05, 0.1) is 34.6 Å². The summed E-state index contributed by atoms with van der Waals surface area (Å²) in [5.74, 6) is 0.210. The standard InChI is InChI=1S/C24H21ClN4O3/c25-21-12-18(16-7-1-3-9-19(16)26-21)24(31)29(13-15-6-5-11-32-15)14-22-27-20-10-4-2-8-17(20)23(30)28-22/h1-4,7-10,12,15H,5-6,11,13-14H2,(H,27,28,30). The number of aromatic amines is 1. The number of hydrogen-bond donors (Lipinski definition) is 1. The van der Waals surface area contributed by atoms with Crippen LogP contribution in [0.3, 0.4) is 0 Å². The molecule has 0 radical (unpaired) electrons. The molecular weight excluding hydrogens is 428 g/mol. The molecule has 7 nitrogen and oxygen atoms in total. The first-order chi connectivity index (χ1) is 15.6. The fourth-order valence-electron chi connectivity index (χ4n) is 4.13. The van der Waals surface area contributed by atoms with Gasteiger partial charge >= 0.3 is 0 Å². The fraction of sp³-hybridized carbons (Fsp3) is 0.250. The Labute approximate surface area is 189 Å². The molecule has 0 spiro atoms. The second-order valence-corrected chi connectivity index (χ2v) is 8.25. The molecule has 1 N–H and O–H groups in total. The van der Waals surface area contributed by atoms with Crippen LogP contribution in [-0.4, -0.2) is 45.0 Å². The number of benzene rings is 2. The number of fused-ring (bicyclic) bond motifs is 2. The number of ether oxygens (including phenoxy) is 1.